The highest BCUT2D eigenvalue weighted by molar-refractivity contribution is 5.76. The van der Waals surface area contributed by atoms with E-state index in [9.17, 15) is 9.90 Å². The molecule has 0 saturated carbocycles. The van der Waals surface area contributed by atoms with Crippen molar-refractivity contribution in [3.63, 3.8) is 0 Å². The van der Waals surface area contributed by atoms with Crippen LogP contribution in [0.15, 0.2) is 30.3 Å². The Bertz CT molecular complexity index is 458. The Kier molecular flexibility index (Phi) is 5.37. The van der Waals surface area contributed by atoms with Crippen molar-refractivity contribution in [2.45, 2.75) is 44.8 Å². The molecule has 1 N–H and O–H groups in total. The number of benzene rings is 1. The average molecular weight is 291 g/mol. The van der Waals surface area contributed by atoms with Gasteiger partial charge in [-0.2, -0.15) is 0 Å². The lowest BCUT2D eigenvalue weighted by Gasteiger charge is -2.42. The largest absolute Gasteiger partial charge is 0.394 e. The van der Waals surface area contributed by atoms with Gasteiger partial charge in [0.05, 0.1) is 18.3 Å². The van der Waals surface area contributed by atoms with E-state index in [-0.39, 0.29) is 24.2 Å². The van der Waals surface area contributed by atoms with Gasteiger partial charge < -0.3 is 14.7 Å². The molecule has 0 aromatic heterocycles. The summed E-state index contributed by atoms with van der Waals surface area (Å²) in [7, 11) is 0. The second-order valence-corrected chi connectivity index (χ2v) is 6.30. The number of morpholine rings is 1. The summed E-state index contributed by atoms with van der Waals surface area (Å²) in [6.45, 7) is 4.95. The van der Waals surface area contributed by atoms with Crippen molar-refractivity contribution in [1.29, 1.82) is 0 Å². The number of aliphatic hydroxyl groups excluding tert-OH is 1. The molecule has 1 saturated heterocycles. The fourth-order valence-corrected chi connectivity index (χ4v) is 2.83. The molecule has 1 atom stereocenters. The Hall–Kier alpha value is -1.39. The number of ether oxygens (including phenoxy) is 1. The predicted octanol–water partition coefficient (Wildman–Crippen LogP) is 2.01. The summed E-state index contributed by atoms with van der Waals surface area (Å²) in [5.41, 5.74) is 0.877. The molecular formula is C17H25NO3. The maximum absolute atomic E-state index is 12.3. The van der Waals surface area contributed by atoms with E-state index in [2.05, 4.69) is 12.1 Å². The lowest BCUT2D eigenvalue weighted by atomic mass is 10.0. The van der Waals surface area contributed by atoms with E-state index in [0.717, 1.165) is 12.8 Å². The Morgan fingerprint density at radius 1 is 1.38 bits per heavy atom. The smallest absolute Gasteiger partial charge is 0.222 e. The van der Waals surface area contributed by atoms with Crippen molar-refractivity contribution in [2.75, 3.05) is 19.7 Å². The summed E-state index contributed by atoms with van der Waals surface area (Å²) >= 11 is 0. The molecule has 1 heterocycles. The predicted molar refractivity (Wildman–Crippen MR) is 82.0 cm³/mol. The van der Waals surface area contributed by atoms with E-state index >= 15 is 0 Å². The zero-order valence-corrected chi connectivity index (χ0v) is 12.9. The SMILES string of the molecule is CC1(C)CN(C(=O)CCCc2ccccc2)CC(CO)O1. The van der Waals surface area contributed by atoms with Gasteiger partial charge in [-0.3, -0.25) is 4.79 Å². The van der Waals surface area contributed by atoms with Gasteiger partial charge in [-0.25, -0.2) is 0 Å². The molecule has 0 aliphatic carbocycles. The Morgan fingerprint density at radius 3 is 2.76 bits per heavy atom. The number of rotatable bonds is 5. The van der Waals surface area contributed by atoms with Gasteiger partial charge in [0, 0.05) is 19.5 Å². The molecule has 1 unspecified atom stereocenters. The first-order valence-corrected chi connectivity index (χ1v) is 7.60. The molecule has 0 bridgehead atoms. The van der Waals surface area contributed by atoms with Crippen molar-refractivity contribution >= 4 is 5.91 Å². The van der Waals surface area contributed by atoms with Gasteiger partial charge in [0.25, 0.3) is 0 Å². The lowest BCUT2D eigenvalue weighted by molar-refractivity contribution is -0.167. The molecule has 4 nitrogen and oxygen atoms in total. The maximum Gasteiger partial charge on any atom is 0.222 e. The van der Waals surface area contributed by atoms with E-state index in [1.54, 1.807) is 0 Å². The summed E-state index contributed by atoms with van der Waals surface area (Å²) in [6.07, 6.45) is 2.05. The molecule has 1 fully saturated rings. The van der Waals surface area contributed by atoms with Crippen LogP contribution in [0.2, 0.25) is 0 Å². The summed E-state index contributed by atoms with van der Waals surface area (Å²) < 4.78 is 5.73. The number of amides is 1. The van der Waals surface area contributed by atoms with Crippen molar-refractivity contribution in [2.24, 2.45) is 0 Å². The van der Waals surface area contributed by atoms with Crippen LogP contribution in [0.4, 0.5) is 0 Å². The third-order valence-electron chi connectivity index (χ3n) is 3.74. The number of hydrogen-bond donors (Lipinski definition) is 1. The van der Waals surface area contributed by atoms with E-state index in [4.69, 9.17) is 4.74 Å². The molecule has 1 aliphatic rings. The number of carbonyl (C=O) groups is 1. The summed E-state index contributed by atoms with van der Waals surface area (Å²) in [5, 5.41) is 9.28. The molecule has 1 aliphatic heterocycles. The van der Waals surface area contributed by atoms with Crippen molar-refractivity contribution in [3.05, 3.63) is 35.9 Å². The zero-order valence-electron chi connectivity index (χ0n) is 12.9. The molecule has 0 radical (unpaired) electrons. The molecule has 1 aromatic rings. The van der Waals surface area contributed by atoms with Gasteiger partial charge in [-0.15, -0.1) is 0 Å². The van der Waals surface area contributed by atoms with Crippen LogP contribution in [0.1, 0.15) is 32.3 Å². The number of hydrogen-bond acceptors (Lipinski definition) is 3. The molecule has 1 aromatic carbocycles. The third kappa shape index (κ3) is 4.83. The van der Waals surface area contributed by atoms with Crippen LogP contribution in [-0.4, -0.2) is 47.3 Å². The van der Waals surface area contributed by atoms with E-state index in [1.807, 2.05) is 36.9 Å². The Morgan fingerprint density at radius 2 is 2.10 bits per heavy atom. The highest BCUT2D eigenvalue weighted by Crippen LogP contribution is 2.21. The topological polar surface area (TPSA) is 49.8 Å². The fourth-order valence-electron chi connectivity index (χ4n) is 2.83. The zero-order chi connectivity index (χ0) is 15.3. The summed E-state index contributed by atoms with van der Waals surface area (Å²) in [5.74, 6) is 0.153. The van der Waals surface area contributed by atoms with Crippen molar-refractivity contribution < 1.29 is 14.6 Å². The monoisotopic (exact) mass is 291 g/mol. The number of nitrogens with zero attached hydrogens (tertiary/aromatic N) is 1. The quantitative estimate of drug-likeness (QED) is 0.903. The molecule has 116 valence electrons. The van der Waals surface area contributed by atoms with Gasteiger partial charge in [0.15, 0.2) is 0 Å². The molecule has 4 heteroatoms. The standard InChI is InChI=1S/C17H25NO3/c1-17(2)13-18(11-15(12-19)21-17)16(20)10-6-9-14-7-4-3-5-8-14/h3-5,7-8,15,19H,6,9-13H2,1-2H3. The van der Waals surface area contributed by atoms with Crippen LogP contribution in [-0.2, 0) is 16.0 Å². The van der Waals surface area contributed by atoms with Crippen LogP contribution in [0, 0.1) is 0 Å². The minimum Gasteiger partial charge on any atom is -0.394 e. The van der Waals surface area contributed by atoms with E-state index in [0.29, 0.717) is 19.5 Å². The second-order valence-electron chi connectivity index (χ2n) is 6.30. The Balaban J connectivity index is 1.82. The van der Waals surface area contributed by atoms with Crippen LogP contribution < -0.4 is 0 Å². The van der Waals surface area contributed by atoms with Crippen molar-refractivity contribution in [3.8, 4) is 0 Å². The van der Waals surface area contributed by atoms with Crippen LogP contribution in [0.3, 0.4) is 0 Å². The van der Waals surface area contributed by atoms with Crippen molar-refractivity contribution in [1.82, 2.24) is 4.90 Å². The average Bonchev–Trinajstić information content (AvgIpc) is 2.46. The molecular weight excluding hydrogens is 266 g/mol. The second kappa shape index (κ2) is 7.05. The fraction of sp³-hybridized carbons (Fsp3) is 0.588. The summed E-state index contributed by atoms with van der Waals surface area (Å²) in [6, 6.07) is 10.2. The van der Waals surface area contributed by atoms with Crippen LogP contribution >= 0.6 is 0 Å². The first-order chi connectivity index (χ1) is 10.00. The maximum atomic E-state index is 12.3. The molecule has 2 rings (SSSR count). The van der Waals surface area contributed by atoms with Gasteiger partial charge in [-0.05, 0) is 32.3 Å². The van der Waals surface area contributed by atoms with Gasteiger partial charge in [0.2, 0.25) is 5.91 Å². The minimum absolute atomic E-state index is 0.0444. The number of aliphatic hydroxyl groups is 1. The molecule has 21 heavy (non-hydrogen) atoms. The van der Waals surface area contributed by atoms with Crippen LogP contribution in [0.25, 0.3) is 0 Å². The van der Waals surface area contributed by atoms with Gasteiger partial charge in [0.1, 0.15) is 0 Å². The number of carbonyl (C=O) groups excluding carboxylic acids is 1. The first kappa shape index (κ1) is 16.0. The highest BCUT2D eigenvalue weighted by atomic mass is 16.5. The first-order valence-electron chi connectivity index (χ1n) is 7.60. The molecule has 0 spiro atoms. The Labute approximate surface area is 126 Å². The normalized spacial score (nSPS) is 21.3. The molecule has 1 amide bonds. The third-order valence-corrected chi connectivity index (χ3v) is 3.74. The number of aryl methyl sites for hydroxylation is 1. The van der Waals surface area contributed by atoms with Gasteiger partial charge in [-0.1, -0.05) is 30.3 Å². The van der Waals surface area contributed by atoms with E-state index in [1.165, 1.54) is 5.56 Å². The van der Waals surface area contributed by atoms with Gasteiger partial charge >= 0.3 is 0 Å². The van der Waals surface area contributed by atoms with E-state index < -0.39 is 0 Å². The lowest BCUT2D eigenvalue weighted by Crippen LogP contribution is -2.55. The summed E-state index contributed by atoms with van der Waals surface area (Å²) in [4.78, 5) is 14.2. The minimum atomic E-state index is -0.388. The highest BCUT2D eigenvalue weighted by Gasteiger charge is 2.34. The van der Waals surface area contributed by atoms with Crippen LogP contribution in [0.5, 0.6) is 0 Å².